The molecule has 2 aliphatic carbocycles. The first kappa shape index (κ1) is 21.4. The van der Waals surface area contributed by atoms with E-state index in [-0.39, 0.29) is 10.5 Å². The normalized spacial score (nSPS) is 39.1. The van der Waals surface area contributed by atoms with Crippen LogP contribution in [0.3, 0.4) is 0 Å². The third-order valence-corrected chi connectivity index (χ3v) is 13.0. The van der Waals surface area contributed by atoms with E-state index in [0.717, 1.165) is 25.4 Å². The molecule has 2 nitrogen and oxygen atoms in total. The molecular formula is C22H44O2Si. The molecule has 4 atom stereocenters. The molecule has 0 bridgehead atoms. The van der Waals surface area contributed by atoms with E-state index >= 15 is 0 Å². The average Bonchev–Trinajstić information content (AvgIpc) is 2.39. The van der Waals surface area contributed by atoms with Gasteiger partial charge >= 0.3 is 0 Å². The molecule has 2 aliphatic rings. The molecule has 2 fully saturated rings. The number of fused-ring (bicyclic) bond motifs is 1. The van der Waals surface area contributed by atoms with Gasteiger partial charge in [-0.15, -0.1) is 0 Å². The third-order valence-electron chi connectivity index (χ3n) is 8.44. The van der Waals surface area contributed by atoms with E-state index in [0.29, 0.717) is 11.3 Å². The van der Waals surface area contributed by atoms with Gasteiger partial charge in [-0.2, -0.15) is 0 Å². The maximum absolute atomic E-state index is 11.3. The Kier molecular flexibility index (Phi) is 5.69. The molecule has 0 aromatic rings. The quantitative estimate of drug-likeness (QED) is 0.582. The van der Waals surface area contributed by atoms with Gasteiger partial charge in [0.1, 0.15) is 0 Å². The van der Waals surface area contributed by atoms with Crippen LogP contribution in [0.25, 0.3) is 0 Å². The molecule has 0 radical (unpaired) electrons. The van der Waals surface area contributed by atoms with E-state index in [1.807, 2.05) is 0 Å². The molecule has 148 valence electrons. The van der Waals surface area contributed by atoms with Crippen LogP contribution in [0, 0.1) is 22.7 Å². The highest BCUT2D eigenvalue weighted by atomic mass is 28.4. The third kappa shape index (κ3) is 4.04. The SMILES string of the molecule is CC1(C)CCC[C@@]2(C)C1CC[C@@](C)(O)[C@@H]2CCO[Si](C)(C)C(C)(C)C. The summed E-state index contributed by atoms with van der Waals surface area (Å²) in [4.78, 5) is 0. The summed E-state index contributed by atoms with van der Waals surface area (Å²) in [6.07, 6.45) is 7.03. The summed E-state index contributed by atoms with van der Waals surface area (Å²) in [5, 5.41) is 11.5. The topological polar surface area (TPSA) is 29.5 Å². The molecule has 0 saturated heterocycles. The van der Waals surface area contributed by atoms with Crippen molar-refractivity contribution in [1.82, 2.24) is 0 Å². The van der Waals surface area contributed by atoms with Gasteiger partial charge < -0.3 is 9.53 Å². The summed E-state index contributed by atoms with van der Waals surface area (Å²) < 4.78 is 6.49. The molecule has 1 unspecified atom stereocenters. The van der Waals surface area contributed by atoms with Gasteiger partial charge in [0.15, 0.2) is 8.32 Å². The number of rotatable bonds is 4. The Hall–Kier alpha value is 0.137. The van der Waals surface area contributed by atoms with Gasteiger partial charge in [-0.3, -0.25) is 0 Å². The van der Waals surface area contributed by atoms with Gasteiger partial charge in [0.05, 0.1) is 5.60 Å². The molecule has 0 aromatic carbocycles. The molecule has 0 heterocycles. The first-order valence-electron chi connectivity index (χ1n) is 10.5. The van der Waals surface area contributed by atoms with Crippen molar-refractivity contribution in [3.63, 3.8) is 0 Å². The highest BCUT2D eigenvalue weighted by molar-refractivity contribution is 6.74. The van der Waals surface area contributed by atoms with E-state index in [1.54, 1.807) is 0 Å². The molecule has 1 N–H and O–H groups in total. The van der Waals surface area contributed by atoms with Gasteiger partial charge in [0.2, 0.25) is 0 Å². The zero-order valence-electron chi connectivity index (χ0n) is 18.5. The van der Waals surface area contributed by atoms with Crippen LogP contribution in [-0.4, -0.2) is 25.6 Å². The van der Waals surface area contributed by atoms with Crippen molar-refractivity contribution in [3.05, 3.63) is 0 Å². The van der Waals surface area contributed by atoms with Crippen molar-refractivity contribution in [2.45, 2.75) is 111 Å². The molecule has 0 amide bonds. The first-order chi connectivity index (χ1) is 11.1. The molecule has 0 spiro atoms. The van der Waals surface area contributed by atoms with Crippen LogP contribution < -0.4 is 0 Å². The minimum atomic E-state index is -1.71. The Bertz CT molecular complexity index is 475. The van der Waals surface area contributed by atoms with E-state index < -0.39 is 13.9 Å². The fourth-order valence-corrected chi connectivity index (χ4v) is 6.97. The van der Waals surface area contributed by atoms with Crippen LogP contribution in [0.5, 0.6) is 0 Å². The van der Waals surface area contributed by atoms with Crippen molar-refractivity contribution < 1.29 is 9.53 Å². The van der Waals surface area contributed by atoms with Gasteiger partial charge in [-0.05, 0) is 79.8 Å². The zero-order chi connectivity index (χ0) is 19.3. The van der Waals surface area contributed by atoms with Crippen molar-refractivity contribution in [2.24, 2.45) is 22.7 Å². The Morgan fingerprint density at radius 3 is 2.20 bits per heavy atom. The minimum Gasteiger partial charge on any atom is -0.417 e. The molecule has 0 aromatic heterocycles. The van der Waals surface area contributed by atoms with Gasteiger partial charge in [-0.25, -0.2) is 0 Å². The summed E-state index contributed by atoms with van der Waals surface area (Å²) >= 11 is 0. The van der Waals surface area contributed by atoms with Crippen LogP contribution in [-0.2, 0) is 4.43 Å². The monoisotopic (exact) mass is 368 g/mol. The van der Waals surface area contributed by atoms with Gasteiger partial charge in [-0.1, -0.05) is 48.0 Å². The summed E-state index contributed by atoms with van der Waals surface area (Å²) in [6.45, 7) is 21.9. The Morgan fingerprint density at radius 2 is 1.64 bits per heavy atom. The fraction of sp³-hybridized carbons (Fsp3) is 1.00. The summed E-state index contributed by atoms with van der Waals surface area (Å²) in [5.41, 5.74) is 0.109. The average molecular weight is 369 g/mol. The maximum Gasteiger partial charge on any atom is 0.191 e. The maximum atomic E-state index is 11.3. The lowest BCUT2D eigenvalue weighted by atomic mass is 9.45. The fourth-order valence-electron chi connectivity index (χ4n) is 5.91. The Balaban J connectivity index is 2.16. The molecule has 0 aliphatic heterocycles. The van der Waals surface area contributed by atoms with E-state index in [2.05, 4.69) is 61.6 Å². The van der Waals surface area contributed by atoms with E-state index in [4.69, 9.17) is 4.43 Å². The smallest absolute Gasteiger partial charge is 0.191 e. The van der Waals surface area contributed by atoms with Crippen molar-refractivity contribution in [3.8, 4) is 0 Å². The van der Waals surface area contributed by atoms with Crippen molar-refractivity contribution in [1.29, 1.82) is 0 Å². The summed E-state index contributed by atoms with van der Waals surface area (Å²) in [7, 11) is -1.71. The molecule has 2 rings (SSSR count). The first-order valence-corrected chi connectivity index (χ1v) is 13.4. The molecule has 25 heavy (non-hydrogen) atoms. The lowest BCUT2D eigenvalue weighted by Crippen LogP contribution is -2.58. The van der Waals surface area contributed by atoms with Gasteiger partial charge in [0.25, 0.3) is 0 Å². The minimum absolute atomic E-state index is 0.250. The highest BCUT2D eigenvalue weighted by Gasteiger charge is 2.57. The molecule has 2 saturated carbocycles. The Morgan fingerprint density at radius 1 is 1.04 bits per heavy atom. The van der Waals surface area contributed by atoms with Crippen LogP contribution in [0.2, 0.25) is 18.1 Å². The summed E-state index contributed by atoms with van der Waals surface area (Å²) in [5.74, 6) is 1.08. The largest absolute Gasteiger partial charge is 0.417 e. The highest BCUT2D eigenvalue weighted by Crippen LogP contribution is 2.62. The number of aliphatic hydroxyl groups is 1. The van der Waals surface area contributed by atoms with Crippen molar-refractivity contribution in [2.75, 3.05) is 6.61 Å². The second-order valence-corrected chi connectivity index (χ2v) is 16.6. The van der Waals surface area contributed by atoms with Gasteiger partial charge in [0, 0.05) is 6.61 Å². The van der Waals surface area contributed by atoms with Crippen LogP contribution in [0.4, 0.5) is 0 Å². The Labute approximate surface area is 158 Å². The lowest BCUT2D eigenvalue weighted by molar-refractivity contribution is -0.171. The second kappa shape index (κ2) is 6.63. The zero-order valence-corrected chi connectivity index (χ0v) is 19.5. The predicted octanol–water partition coefficient (Wildman–Crippen LogP) is 6.39. The van der Waals surface area contributed by atoms with Crippen molar-refractivity contribution >= 4 is 8.32 Å². The number of hydrogen-bond acceptors (Lipinski definition) is 2. The standard InChI is InChI=1S/C22H44O2Si/c1-19(2,3)25(8,9)24-16-12-18-21(6)14-10-13-20(4,5)17(21)11-15-22(18,7)23/h17-18,23H,10-16H2,1-9H3/t17?,18-,21+,22-/m1/s1. The van der Waals surface area contributed by atoms with E-state index in [9.17, 15) is 5.11 Å². The predicted molar refractivity (Wildman–Crippen MR) is 110 cm³/mol. The van der Waals surface area contributed by atoms with E-state index in [1.165, 1.54) is 25.7 Å². The summed E-state index contributed by atoms with van der Waals surface area (Å²) in [6, 6.07) is 0. The molecular weight excluding hydrogens is 324 g/mol. The molecule has 3 heteroatoms. The lowest BCUT2D eigenvalue weighted by Gasteiger charge is -2.61. The van der Waals surface area contributed by atoms with Crippen LogP contribution >= 0.6 is 0 Å². The van der Waals surface area contributed by atoms with Crippen LogP contribution in [0.15, 0.2) is 0 Å². The van der Waals surface area contributed by atoms with Crippen LogP contribution in [0.1, 0.15) is 87.0 Å². The number of hydrogen-bond donors (Lipinski definition) is 1. The second-order valence-electron chi connectivity index (χ2n) is 11.7.